The van der Waals surface area contributed by atoms with Crippen molar-refractivity contribution in [3.05, 3.63) is 53.9 Å². The van der Waals surface area contributed by atoms with Crippen LogP contribution in [-0.4, -0.2) is 65.7 Å². The number of piperidine rings is 1. The van der Waals surface area contributed by atoms with Gasteiger partial charge in [0.25, 0.3) is 5.91 Å². The molecule has 1 aromatic carbocycles. The molecule has 7 nitrogen and oxygen atoms in total. The molecule has 3 rings (SSSR count). The highest BCUT2D eigenvalue weighted by Crippen LogP contribution is 2.16. The van der Waals surface area contributed by atoms with Crippen LogP contribution < -0.4 is 5.32 Å². The summed E-state index contributed by atoms with van der Waals surface area (Å²) in [6.07, 6.45) is 7.92. The van der Waals surface area contributed by atoms with Gasteiger partial charge in [0.05, 0.1) is 19.3 Å². The number of nitrogens with zero attached hydrogens (tertiary/aromatic N) is 4. The van der Waals surface area contributed by atoms with Crippen LogP contribution in [-0.2, 0) is 11.3 Å². The number of carbonyl (C=O) groups is 1. The quantitative estimate of drug-likeness (QED) is 0.718. The van der Waals surface area contributed by atoms with Gasteiger partial charge in [-0.3, -0.25) is 4.79 Å². The average Bonchev–Trinajstić information content (AvgIpc) is 3.21. The summed E-state index contributed by atoms with van der Waals surface area (Å²) in [6, 6.07) is 10.1. The van der Waals surface area contributed by atoms with E-state index in [4.69, 9.17) is 4.74 Å². The molecule has 0 radical (unpaired) electrons. The van der Waals surface area contributed by atoms with E-state index < -0.39 is 0 Å². The van der Waals surface area contributed by atoms with E-state index in [0.29, 0.717) is 24.7 Å². The fourth-order valence-corrected chi connectivity index (χ4v) is 3.31. The zero-order valence-electron chi connectivity index (χ0n) is 16.5. The van der Waals surface area contributed by atoms with Crippen molar-refractivity contribution < 1.29 is 9.53 Å². The molecule has 1 aliphatic heterocycles. The molecular formula is C21H29N5O2. The number of rotatable bonds is 9. The van der Waals surface area contributed by atoms with Crippen molar-refractivity contribution >= 4 is 12.0 Å². The molecule has 0 bridgehead atoms. The predicted molar refractivity (Wildman–Crippen MR) is 109 cm³/mol. The van der Waals surface area contributed by atoms with Crippen molar-refractivity contribution in [2.45, 2.75) is 19.4 Å². The number of methoxy groups -OCH3 is 1. The molecule has 0 spiro atoms. The Kier molecular flexibility index (Phi) is 7.75. The summed E-state index contributed by atoms with van der Waals surface area (Å²) < 4.78 is 6.80. The van der Waals surface area contributed by atoms with E-state index in [-0.39, 0.29) is 5.91 Å². The van der Waals surface area contributed by atoms with Gasteiger partial charge in [-0.05, 0) is 37.4 Å². The minimum atomic E-state index is -0.153. The molecule has 150 valence electrons. The molecular weight excluding hydrogens is 354 g/mol. The SMILES string of the molecule is COCCN1CCC(CNC(=O)c2cn(CC=Cc3ccccc3)nn2)CC1. The Balaban J connectivity index is 1.39. The van der Waals surface area contributed by atoms with Crippen molar-refractivity contribution in [3.8, 4) is 0 Å². The molecule has 7 heteroatoms. The molecule has 0 atom stereocenters. The van der Waals surface area contributed by atoms with Crippen molar-refractivity contribution in [2.24, 2.45) is 5.92 Å². The molecule has 28 heavy (non-hydrogen) atoms. The molecule has 1 fully saturated rings. The van der Waals surface area contributed by atoms with Gasteiger partial charge in [-0.2, -0.15) is 0 Å². The number of benzene rings is 1. The number of hydrogen-bond acceptors (Lipinski definition) is 5. The Bertz CT molecular complexity index is 751. The fraction of sp³-hybridized carbons (Fsp3) is 0.476. The molecule has 2 aromatic rings. The molecule has 0 aliphatic carbocycles. The highest BCUT2D eigenvalue weighted by Gasteiger charge is 2.20. The van der Waals surface area contributed by atoms with Crippen LogP contribution in [0.15, 0.2) is 42.6 Å². The van der Waals surface area contributed by atoms with Crippen LogP contribution in [0.1, 0.15) is 28.9 Å². The van der Waals surface area contributed by atoms with Gasteiger partial charge in [-0.1, -0.05) is 47.7 Å². The number of aromatic nitrogens is 3. The molecule has 0 saturated carbocycles. The van der Waals surface area contributed by atoms with Crippen LogP contribution in [0.25, 0.3) is 6.08 Å². The number of carbonyl (C=O) groups excluding carboxylic acids is 1. The lowest BCUT2D eigenvalue weighted by Crippen LogP contribution is -2.39. The van der Waals surface area contributed by atoms with Crippen molar-refractivity contribution in [1.29, 1.82) is 0 Å². The van der Waals surface area contributed by atoms with Gasteiger partial charge >= 0.3 is 0 Å². The summed E-state index contributed by atoms with van der Waals surface area (Å²) in [7, 11) is 1.73. The molecule has 1 aliphatic rings. The number of ether oxygens (including phenoxy) is 1. The Morgan fingerprint density at radius 3 is 2.82 bits per heavy atom. The maximum Gasteiger partial charge on any atom is 0.273 e. The minimum absolute atomic E-state index is 0.153. The largest absolute Gasteiger partial charge is 0.383 e. The monoisotopic (exact) mass is 383 g/mol. The normalized spacial score (nSPS) is 15.9. The Hall–Kier alpha value is -2.51. The fourth-order valence-electron chi connectivity index (χ4n) is 3.31. The van der Waals surface area contributed by atoms with E-state index >= 15 is 0 Å². The summed E-state index contributed by atoms with van der Waals surface area (Å²) in [6.45, 7) is 5.16. The summed E-state index contributed by atoms with van der Waals surface area (Å²) >= 11 is 0. The smallest absolute Gasteiger partial charge is 0.273 e. The highest BCUT2D eigenvalue weighted by atomic mass is 16.5. The summed E-state index contributed by atoms with van der Waals surface area (Å²) in [5.74, 6) is 0.367. The van der Waals surface area contributed by atoms with E-state index in [1.807, 2.05) is 42.5 Å². The van der Waals surface area contributed by atoms with E-state index in [1.54, 1.807) is 18.0 Å². The maximum absolute atomic E-state index is 12.3. The third-order valence-corrected chi connectivity index (χ3v) is 5.04. The van der Waals surface area contributed by atoms with Crippen LogP contribution in [0, 0.1) is 5.92 Å². The zero-order chi connectivity index (χ0) is 19.6. The molecule has 1 amide bonds. The summed E-state index contributed by atoms with van der Waals surface area (Å²) in [4.78, 5) is 14.7. The van der Waals surface area contributed by atoms with Gasteiger partial charge < -0.3 is 15.0 Å². The number of allylic oxidation sites excluding steroid dienone is 1. The van der Waals surface area contributed by atoms with Crippen LogP contribution in [0.3, 0.4) is 0 Å². The molecule has 2 heterocycles. The van der Waals surface area contributed by atoms with Crippen LogP contribution in [0.2, 0.25) is 0 Å². The Labute approximate surface area is 166 Å². The first-order valence-electron chi connectivity index (χ1n) is 9.86. The third kappa shape index (κ3) is 6.28. The van der Waals surface area contributed by atoms with Gasteiger partial charge in [0, 0.05) is 20.2 Å². The van der Waals surface area contributed by atoms with Crippen molar-refractivity contribution in [1.82, 2.24) is 25.2 Å². The summed E-state index contributed by atoms with van der Waals surface area (Å²) in [5.41, 5.74) is 1.50. The topological polar surface area (TPSA) is 72.3 Å². The van der Waals surface area contributed by atoms with Gasteiger partial charge in [-0.15, -0.1) is 5.10 Å². The van der Waals surface area contributed by atoms with Crippen LogP contribution in [0.4, 0.5) is 0 Å². The number of hydrogen-bond donors (Lipinski definition) is 1. The van der Waals surface area contributed by atoms with Gasteiger partial charge in [-0.25, -0.2) is 4.68 Å². The Morgan fingerprint density at radius 1 is 1.29 bits per heavy atom. The second-order valence-electron chi connectivity index (χ2n) is 7.13. The first-order valence-corrected chi connectivity index (χ1v) is 9.86. The summed E-state index contributed by atoms with van der Waals surface area (Å²) in [5, 5.41) is 11.0. The van der Waals surface area contributed by atoms with Crippen LogP contribution in [0.5, 0.6) is 0 Å². The molecule has 1 N–H and O–H groups in total. The van der Waals surface area contributed by atoms with E-state index in [2.05, 4.69) is 20.5 Å². The van der Waals surface area contributed by atoms with Crippen LogP contribution >= 0.6 is 0 Å². The van der Waals surface area contributed by atoms with Crippen molar-refractivity contribution in [2.75, 3.05) is 39.9 Å². The first kappa shape index (κ1) is 20.2. The third-order valence-electron chi connectivity index (χ3n) is 5.04. The molecule has 0 unspecified atom stereocenters. The minimum Gasteiger partial charge on any atom is -0.383 e. The van der Waals surface area contributed by atoms with E-state index in [9.17, 15) is 4.79 Å². The lowest BCUT2D eigenvalue weighted by atomic mass is 9.97. The molecule has 1 aromatic heterocycles. The number of nitrogens with one attached hydrogen (secondary N) is 1. The number of likely N-dealkylation sites (tertiary alicyclic amines) is 1. The standard InChI is InChI=1S/C21H29N5O2/c1-28-15-14-25-12-9-19(10-13-25)16-22-21(27)20-17-26(24-23-20)11-5-8-18-6-3-2-4-7-18/h2-8,17,19H,9-16H2,1H3,(H,22,27). The van der Waals surface area contributed by atoms with E-state index in [1.165, 1.54) is 0 Å². The first-order chi connectivity index (χ1) is 13.7. The lowest BCUT2D eigenvalue weighted by molar-refractivity contribution is 0.0921. The van der Waals surface area contributed by atoms with Gasteiger partial charge in [0.2, 0.25) is 0 Å². The average molecular weight is 383 g/mol. The van der Waals surface area contributed by atoms with Gasteiger partial charge in [0.15, 0.2) is 5.69 Å². The van der Waals surface area contributed by atoms with Crippen molar-refractivity contribution in [3.63, 3.8) is 0 Å². The van der Waals surface area contributed by atoms with Gasteiger partial charge in [0.1, 0.15) is 0 Å². The predicted octanol–water partition coefficient (Wildman–Crippen LogP) is 2.08. The second kappa shape index (κ2) is 10.7. The number of amides is 1. The maximum atomic E-state index is 12.3. The Morgan fingerprint density at radius 2 is 2.07 bits per heavy atom. The second-order valence-corrected chi connectivity index (χ2v) is 7.13. The molecule has 1 saturated heterocycles. The highest BCUT2D eigenvalue weighted by molar-refractivity contribution is 5.91. The van der Waals surface area contributed by atoms with E-state index in [0.717, 1.165) is 44.6 Å². The lowest BCUT2D eigenvalue weighted by Gasteiger charge is -2.31. The zero-order valence-corrected chi connectivity index (χ0v) is 16.5.